The van der Waals surface area contributed by atoms with Gasteiger partial charge in [-0.15, -0.1) is 0 Å². The molecule has 1 rings (SSSR count). The molecule has 0 N–H and O–H groups in total. The summed E-state index contributed by atoms with van der Waals surface area (Å²) < 4.78 is 27.7. The van der Waals surface area contributed by atoms with E-state index in [1.165, 1.54) is 4.90 Å². The lowest BCUT2D eigenvalue weighted by atomic mass is 10.1. The van der Waals surface area contributed by atoms with Crippen molar-refractivity contribution in [1.82, 2.24) is 4.90 Å². The summed E-state index contributed by atoms with van der Waals surface area (Å²) in [6.07, 6.45) is 2.71. The number of aryl methyl sites for hydroxylation is 2. The number of rotatable bonds is 6. The number of furan rings is 1. The Morgan fingerprint density at radius 3 is 2.37 bits per heavy atom. The van der Waals surface area contributed by atoms with Crippen molar-refractivity contribution >= 4 is 15.7 Å². The minimum Gasteiger partial charge on any atom is -0.456 e. The first-order valence-corrected chi connectivity index (χ1v) is 8.39. The molecule has 0 aliphatic heterocycles. The molecule has 0 aromatic carbocycles. The van der Waals surface area contributed by atoms with Crippen molar-refractivity contribution in [3.63, 3.8) is 0 Å². The van der Waals surface area contributed by atoms with E-state index < -0.39 is 9.84 Å². The molecule has 0 aliphatic rings. The summed E-state index contributed by atoms with van der Waals surface area (Å²) in [4.78, 5) is 13.5. The summed E-state index contributed by atoms with van der Waals surface area (Å²) in [6, 6.07) is 1.75. The van der Waals surface area contributed by atoms with E-state index in [1.807, 2.05) is 13.8 Å². The quantitative estimate of drug-likeness (QED) is 0.795. The average Bonchev–Trinajstić information content (AvgIpc) is 2.77. The highest BCUT2D eigenvalue weighted by molar-refractivity contribution is 7.90. The van der Waals surface area contributed by atoms with Gasteiger partial charge in [-0.3, -0.25) is 4.79 Å². The van der Waals surface area contributed by atoms with Crippen molar-refractivity contribution in [2.24, 2.45) is 0 Å². The minimum atomic E-state index is -3.07. The summed E-state index contributed by atoms with van der Waals surface area (Å²) in [7, 11) is -1.50. The van der Waals surface area contributed by atoms with Gasteiger partial charge in [0, 0.05) is 26.3 Å². The molecule has 0 radical (unpaired) electrons. The third-order valence-electron chi connectivity index (χ3n) is 2.95. The highest BCUT2D eigenvalue weighted by Gasteiger charge is 2.19. The second kappa shape index (κ2) is 6.23. The monoisotopic (exact) mass is 287 g/mol. The molecule has 1 heterocycles. The van der Waals surface area contributed by atoms with Crippen LogP contribution in [0.25, 0.3) is 0 Å². The zero-order valence-corrected chi connectivity index (χ0v) is 12.7. The standard InChI is InChI=1S/C13H21NO4S/c1-5-10-9-12(18-11(10)6-2)13(15)14(3)7-8-19(4,16)17/h9H,5-8H2,1-4H3. The van der Waals surface area contributed by atoms with Crippen molar-refractivity contribution in [1.29, 1.82) is 0 Å². The van der Waals surface area contributed by atoms with Gasteiger partial charge in [0.15, 0.2) is 5.76 Å². The molecule has 0 aliphatic carbocycles. The lowest BCUT2D eigenvalue weighted by Gasteiger charge is -2.14. The molecule has 0 unspecified atom stereocenters. The van der Waals surface area contributed by atoms with Crippen LogP contribution >= 0.6 is 0 Å². The van der Waals surface area contributed by atoms with Crippen molar-refractivity contribution in [3.05, 3.63) is 23.2 Å². The SMILES string of the molecule is CCc1cc(C(=O)N(C)CCS(C)(=O)=O)oc1CC. The predicted molar refractivity (Wildman–Crippen MR) is 74.1 cm³/mol. The molecule has 0 atom stereocenters. The number of carbonyl (C=O) groups excluding carboxylic acids is 1. The number of sulfone groups is 1. The molecule has 0 saturated heterocycles. The third-order valence-corrected chi connectivity index (χ3v) is 3.88. The van der Waals surface area contributed by atoms with E-state index in [-0.39, 0.29) is 24.0 Å². The smallest absolute Gasteiger partial charge is 0.289 e. The van der Waals surface area contributed by atoms with Crippen LogP contribution in [0.5, 0.6) is 0 Å². The fourth-order valence-corrected chi connectivity index (χ4v) is 2.37. The van der Waals surface area contributed by atoms with Gasteiger partial charge in [0.25, 0.3) is 5.91 Å². The number of amides is 1. The van der Waals surface area contributed by atoms with Crippen molar-refractivity contribution in [3.8, 4) is 0 Å². The average molecular weight is 287 g/mol. The van der Waals surface area contributed by atoms with Gasteiger partial charge in [0.05, 0.1) is 5.75 Å². The van der Waals surface area contributed by atoms with Gasteiger partial charge in [-0.2, -0.15) is 0 Å². The van der Waals surface area contributed by atoms with Crippen LogP contribution in [0.4, 0.5) is 0 Å². The largest absolute Gasteiger partial charge is 0.456 e. The van der Waals surface area contributed by atoms with Crippen LogP contribution in [0.2, 0.25) is 0 Å². The molecule has 108 valence electrons. The summed E-state index contributed by atoms with van der Waals surface area (Å²) in [5.74, 6) is 0.780. The van der Waals surface area contributed by atoms with Gasteiger partial charge in [0.1, 0.15) is 15.6 Å². The second-order valence-electron chi connectivity index (χ2n) is 4.62. The van der Waals surface area contributed by atoms with Crippen LogP contribution in [0.1, 0.15) is 35.7 Å². The van der Waals surface area contributed by atoms with E-state index in [9.17, 15) is 13.2 Å². The molecule has 0 fully saturated rings. The van der Waals surface area contributed by atoms with Gasteiger partial charge in [0.2, 0.25) is 0 Å². The molecule has 0 bridgehead atoms. The Labute approximate surface area is 114 Å². The maximum Gasteiger partial charge on any atom is 0.289 e. The van der Waals surface area contributed by atoms with Crippen molar-refractivity contribution in [2.75, 3.05) is 25.6 Å². The molecule has 19 heavy (non-hydrogen) atoms. The Kier molecular flexibility index (Phi) is 5.17. The number of hydrogen-bond acceptors (Lipinski definition) is 4. The van der Waals surface area contributed by atoms with Crippen molar-refractivity contribution in [2.45, 2.75) is 26.7 Å². The Balaban J connectivity index is 2.79. The molecule has 0 spiro atoms. The minimum absolute atomic E-state index is 0.0444. The zero-order valence-electron chi connectivity index (χ0n) is 11.9. The van der Waals surface area contributed by atoms with Crippen LogP contribution in [0.3, 0.4) is 0 Å². The Hall–Kier alpha value is -1.30. The Morgan fingerprint density at radius 1 is 1.32 bits per heavy atom. The lowest BCUT2D eigenvalue weighted by Crippen LogP contribution is -2.31. The van der Waals surface area contributed by atoms with Crippen LogP contribution in [-0.2, 0) is 22.7 Å². The van der Waals surface area contributed by atoms with E-state index >= 15 is 0 Å². The first-order valence-electron chi connectivity index (χ1n) is 6.33. The van der Waals surface area contributed by atoms with Crippen LogP contribution in [0.15, 0.2) is 10.5 Å². The van der Waals surface area contributed by atoms with Crippen LogP contribution in [-0.4, -0.2) is 44.8 Å². The molecule has 6 heteroatoms. The first-order chi connectivity index (χ1) is 8.78. The predicted octanol–water partition coefficient (Wildman–Crippen LogP) is 1.52. The fraction of sp³-hybridized carbons (Fsp3) is 0.615. The van der Waals surface area contributed by atoms with Gasteiger partial charge in [-0.05, 0) is 18.1 Å². The molecule has 0 saturated carbocycles. The molecule has 5 nitrogen and oxygen atoms in total. The summed E-state index contributed by atoms with van der Waals surface area (Å²) >= 11 is 0. The topological polar surface area (TPSA) is 67.6 Å². The van der Waals surface area contributed by atoms with E-state index in [0.717, 1.165) is 30.4 Å². The lowest BCUT2D eigenvalue weighted by molar-refractivity contribution is 0.0770. The molecular formula is C13H21NO4S. The van der Waals surface area contributed by atoms with E-state index in [4.69, 9.17) is 4.42 Å². The molecule has 1 amide bonds. The molecule has 1 aromatic rings. The zero-order chi connectivity index (χ0) is 14.6. The van der Waals surface area contributed by atoms with Gasteiger partial charge in [-0.1, -0.05) is 13.8 Å². The summed E-state index contributed by atoms with van der Waals surface area (Å²) in [6.45, 7) is 4.15. The number of carbonyl (C=O) groups is 1. The summed E-state index contributed by atoms with van der Waals surface area (Å²) in [5.41, 5.74) is 1.03. The number of hydrogen-bond donors (Lipinski definition) is 0. The highest BCUT2D eigenvalue weighted by Crippen LogP contribution is 2.18. The Bertz CT molecular complexity index is 523. The van der Waals surface area contributed by atoms with Crippen LogP contribution < -0.4 is 0 Å². The normalized spacial score (nSPS) is 11.6. The maximum atomic E-state index is 12.1. The van der Waals surface area contributed by atoms with Gasteiger partial charge in [-0.25, -0.2) is 8.42 Å². The summed E-state index contributed by atoms with van der Waals surface area (Å²) in [5, 5.41) is 0. The van der Waals surface area contributed by atoms with E-state index in [1.54, 1.807) is 13.1 Å². The molecule has 1 aromatic heterocycles. The molecular weight excluding hydrogens is 266 g/mol. The highest BCUT2D eigenvalue weighted by atomic mass is 32.2. The Morgan fingerprint density at radius 2 is 1.95 bits per heavy atom. The maximum absolute atomic E-state index is 12.1. The first kappa shape index (κ1) is 15.8. The van der Waals surface area contributed by atoms with Gasteiger partial charge >= 0.3 is 0 Å². The fourth-order valence-electron chi connectivity index (χ4n) is 1.76. The second-order valence-corrected chi connectivity index (χ2v) is 6.88. The van der Waals surface area contributed by atoms with Gasteiger partial charge < -0.3 is 9.32 Å². The van der Waals surface area contributed by atoms with E-state index in [0.29, 0.717) is 0 Å². The van der Waals surface area contributed by atoms with E-state index in [2.05, 4.69) is 0 Å². The van der Waals surface area contributed by atoms with Crippen LogP contribution in [0, 0.1) is 0 Å². The number of nitrogens with zero attached hydrogens (tertiary/aromatic N) is 1. The van der Waals surface area contributed by atoms with Crippen molar-refractivity contribution < 1.29 is 17.6 Å². The third kappa shape index (κ3) is 4.38.